The molecule has 0 saturated carbocycles. The summed E-state index contributed by atoms with van der Waals surface area (Å²) in [6.07, 6.45) is 3.42. The van der Waals surface area contributed by atoms with Crippen LogP contribution in [0.3, 0.4) is 0 Å². The van der Waals surface area contributed by atoms with Crippen LogP contribution in [-0.4, -0.2) is 46.5 Å². The number of aliphatic carboxylic acids is 1. The molecular formula is C24H31N3O5S2. The Balaban J connectivity index is 1.87. The van der Waals surface area contributed by atoms with Crippen LogP contribution in [0.2, 0.25) is 0 Å². The van der Waals surface area contributed by atoms with Gasteiger partial charge in [-0.2, -0.15) is 9.29 Å². The Morgan fingerprint density at radius 3 is 2.38 bits per heavy atom. The van der Waals surface area contributed by atoms with E-state index in [0.29, 0.717) is 17.8 Å². The summed E-state index contributed by atoms with van der Waals surface area (Å²) in [5, 5.41) is 13.8. The highest BCUT2D eigenvalue weighted by Crippen LogP contribution is 2.29. The van der Waals surface area contributed by atoms with Crippen molar-refractivity contribution in [2.75, 3.05) is 6.54 Å². The van der Waals surface area contributed by atoms with Crippen molar-refractivity contribution in [1.82, 2.24) is 14.4 Å². The lowest BCUT2D eigenvalue weighted by molar-refractivity contribution is -0.143. The number of hydrogen-bond donors (Lipinski definition) is 1. The van der Waals surface area contributed by atoms with Crippen molar-refractivity contribution in [2.24, 2.45) is 5.92 Å². The maximum absolute atomic E-state index is 13.5. The standard InChI is InChI=1S/C24H31N3O5S2/c1-5-6-7-8-15-27(21(16(2)3)24(28)29)34(30,31)19-12-10-18(11-13-19)23-25-22(26-32-23)20-14-9-17(4)33-20/h9-14,16,21H,5-8,15H2,1-4H3,(H,28,29)/t21-/m1/s1. The van der Waals surface area contributed by atoms with Gasteiger partial charge in [0.1, 0.15) is 6.04 Å². The van der Waals surface area contributed by atoms with Crippen LogP contribution < -0.4 is 0 Å². The number of sulfonamides is 1. The fourth-order valence-corrected chi connectivity index (χ4v) is 6.29. The van der Waals surface area contributed by atoms with Crippen molar-refractivity contribution in [1.29, 1.82) is 0 Å². The Labute approximate surface area is 204 Å². The quantitative estimate of drug-likeness (QED) is 0.325. The van der Waals surface area contributed by atoms with Gasteiger partial charge in [-0.1, -0.05) is 45.2 Å². The third-order valence-electron chi connectivity index (χ3n) is 5.52. The minimum atomic E-state index is -4.02. The summed E-state index contributed by atoms with van der Waals surface area (Å²) >= 11 is 1.56. The molecule has 1 aromatic carbocycles. The number of aryl methyl sites for hydroxylation is 1. The molecule has 0 aliphatic carbocycles. The van der Waals surface area contributed by atoms with Crippen LogP contribution in [-0.2, 0) is 14.8 Å². The Morgan fingerprint density at radius 1 is 1.12 bits per heavy atom. The second-order valence-corrected chi connectivity index (χ2v) is 11.7. The number of aromatic nitrogens is 2. The summed E-state index contributed by atoms with van der Waals surface area (Å²) in [6.45, 7) is 7.66. The Hall–Kier alpha value is -2.56. The van der Waals surface area contributed by atoms with Crippen LogP contribution in [0.4, 0.5) is 0 Å². The van der Waals surface area contributed by atoms with Crippen molar-refractivity contribution >= 4 is 27.3 Å². The fourth-order valence-electron chi connectivity index (χ4n) is 3.74. The monoisotopic (exact) mass is 505 g/mol. The Morgan fingerprint density at radius 2 is 1.82 bits per heavy atom. The lowest BCUT2D eigenvalue weighted by Crippen LogP contribution is -2.48. The van der Waals surface area contributed by atoms with Crippen molar-refractivity contribution < 1.29 is 22.8 Å². The van der Waals surface area contributed by atoms with Crippen molar-refractivity contribution in [3.63, 3.8) is 0 Å². The highest BCUT2D eigenvalue weighted by molar-refractivity contribution is 7.89. The predicted octanol–water partition coefficient (Wildman–Crippen LogP) is 5.45. The van der Waals surface area contributed by atoms with Gasteiger partial charge in [0.15, 0.2) is 0 Å². The van der Waals surface area contributed by atoms with Gasteiger partial charge in [0.05, 0.1) is 9.77 Å². The number of hydrogen-bond acceptors (Lipinski definition) is 7. The maximum Gasteiger partial charge on any atom is 0.322 e. The molecule has 3 aromatic rings. The molecule has 0 spiro atoms. The van der Waals surface area contributed by atoms with Crippen LogP contribution in [0.25, 0.3) is 22.2 Å². The van der Waals surface area contributed by atoms with Crippen LogP contribution >= 0.6 is 11.3 Å². The summed E-state index contributed by atoms with van der Waals surface area (Å²) in [5.41, 5.74) is 0.583. The Bertz CT molecular complexity index is 1200. The first-order chi connectivity index (χ1) is 16.1. The highest BCUT2D eigenvalue weighted by atomic mass is 32.2. The summed E-state index contributed by atoms with van der Waals surface area (Å²) in [7, 11) is -4.02. The van der Waals surface area contributed by atoms with E-state index in [1.165, 1.54) is 12.1 Å². The minimum Gasteiger partial charge on any atom is -0.480 e. The lowest BCUT2D eigenvalue weighted by atomic mass is 10.0. The molecule has 0 bridgehead atoms. The van der Waals surface area contributed by atoms with Crippen LogP contribution in [0.15, 0.2) is 45.8 Å². The molecule has 0 saturated heterocycles. The van der Waals surface area contributed by atoms with Crippen molar-refractivity contribution in [3.05, 3.63) is 41.3 Å². The molecule has 184 valence electrons. The number of carbonyl (C=O) groups is 1. The number of carboxylic acids is 1. The van der Waals surface area contributed by atoms with Gasteiger partial charge in [-0.05, 0) is 55.7 Å². The van der Waals surface area contributed by atoms with E-state index in [0.717, 1.165) is 33.3 Å². The summed E-state index contributed by atoms with van der Waals surface area (Å²) in [4.78, 5) is 18.5. The second-order valence-electron chi connectivity index (χ2n) is 8.56. The maximum atomic E-state index is 13.5. The minimum absolute atomic E-state index is 0.0345. The summed E-state index contributed by atoms with van der Waals surface area (Å²) < 4.78 is 33.5. The number of rotatable bonds is 12. The zero-order valence-electron chi connectivity index (χ0n) is 19.9. The van der Waals surface area contributed by atoms with E-state index in [-0.39, 0.29) is 23.2 Å². The second kappa shape index (κ2) is 11.2. The number of nitrogens with zero attached hydrogens (tertiary/aromatic N) is 3. The third-order valence-corrected chi connectivity index (χ3v) is 8.41. The first-order valence-corrected chi connectivity index (χ1v) is 13.7. The molecule has 0 radical (unpaired) electrons. The van der Waals surface area contributed by atoms with Gasteiger partial charge in [-0.3, -0.25) is 4.79 Å². The van der Waals surface area contributed by atoms with Gasteiger partial charge in [0.25, 0.3) is 5.89 Å². The molecule has 1 atom stereocenters. The molecule has 2 aromatic heterocycles. The topological polar surface area (TPSA) is 114 Å². The molecule has 2 heterocycles. The van der Waals surface area contributed by atoms with Crippen LogP contribution in [0.1, 0.15) is 51.3 Å². The summed E-state index contributed by atoms with van der Waals surface area (Å²) in [6, 6.07) is 8.89. The zero-order chi connectivity index (χ0) is 24.9. The van der Waals surface area contributed by atoms with E-state index in [9.17, 15) is 18.3 Å². The highest BCUT2D eigenvalue weighted by Gasteiger charge is 2.37. The van der Waals surface area contributed by atoms with Crippen molar-refractivity contribution in [3.8, 4) is 22.2 Å². The van der Waals surface area contributed by atoms with Gasteiger partial charge in [-0.25, -0.2) is 8.42 Å². The van der Waals surface area contributed by atoms with Gasteiger partial charge in [-0.15, -0.1) is 11.3 Å². The smallest absolute Gasteiger partial charge is 0.322 e. The third kappa shape index (κ3) is 5.92. The first kappa shape index (κ1) is 26.1. The van der Waals surface area contributed by atoms with Crippen LogP contribution in [0.5, 0.6) is 0 Å². The average Bonchev–Trinajstić information content (AvgIpc) is 3.44. The predicted molar refractivity (Wildman–Crippen MR) is 132 cm³/mol. The van der Waals surface area contributed by atoms with E-state index < -0.39 is 22.0 Å². The zero-order valence-corrected chi connectivity index (χ0v) is 21.5. The SMILES string of the molecule is CCCCCCN([C@@H](C(=O)O)C(C)C)S(=O)(=O)c1ccc(-c2nc(-c3ccc(C)s3)no2)cc1. The van der Waals surface area contributed by atoms with Gasteiger partial charge >= 0.3 is 5.97 Å². The molecule has 0 amide bonds. The fraction of sp³-hybridized carbons (Fsp3) is 0.458. The molecule has 0 aliphatic rings. The lowest BCUT2D eigenvalue weighted by Gasteiger charge is -2.30. The molecule has 10 heteroatoms. The number of unbranched alkanes of at least 4 members (excludes halogenated alkanes) is 3. The van der Waals surface area contributed by atoms with E-state index in [4.69, 9.17) is 4.52 Å². The largest absolute Gasteiger partial charge is 0.480 e. The molecular weight excluding hydrogens is 474 g/mol. The molecule has 0 fully saturated rings. The molecule has 34 heavy (non-hydrogen) atoms. The molecule has 0 unspecified atom stereocenters. The average molecular weight is 506 g/mol. The van der Waals surface area contributed by atoms with Crippen molar-refractivity contribution in [2.45, 2.75) is 64.3 Å². The van der Waals surface area contributed by atoms with E-state index in [1.807, 2.05) is 19.1 Å². The molecule has 0 aliphatic heterocycles. The normalized spacial score (nSPS) is 13.0. The summed E-state index contributed by atoms with van der Waals surface area (Å²) in [5.74, 6) is -0.764. The van der Waals surface area contributed by atoms with E-state index >= 15 is 0 Å². The number of benzene rings is 1. The van der Waals surface area contributed by atoms with Crippen LogP contribution in [0, 0.1) is 12.8 Å². The number of thiophene rings is 1. The van der Waals surface area contributed by atoms with E-state index in [1.54, 1.807) is 37.3 Å². The van der Waals surface area contributed by atoms with Gasteiger partial charge < -0.3 is 9.63 Å². The van der Waals surface area contributed by atoms with E-state index in [2.05, 4.69) is 17.1 Å². The molecule has 1 N–H and O–H groups in total. The first-order valence-electron chi connectivity index (χ1n) is 11.4. The molecule has 3 rings (SSSR count). The molecule has 8 nitrogen and oxygen atoms in total. The number of carboxylic acid groups (broad SMARTS) is 1. The van der Waals surface area contributed by atoms with Gasteiger partial charge in [0, 0.05) is 17.0 Å². The van der Waals surface area contributed by atoms with Gasteiger partial charge in [0.2, 0.25) is 15.8 Å². The Kier molecular flexibility index (Phi) is 8.62.